The molecule has 0 unspecified atom stereocenters. The van der Waals surface area contributed by atoms with E-state index in [4.69, 9.17) is 9.72 Å². The van der Waals surface area contributed by atoms with E-state index in [2.05, 4.69) is 19.9 Å². The molecule has 5 rings (SSSR count). The number of imidazole rings is 1. The maximum atomic E-state index is 12.7. The third-order valence-corrected chi connectivity index (χ3v) is 8.18. The van der Waals surface area contributed by atoms with Gasteiger partial charge in [-0.3, -0.25) is 0 Å². The maximum Gasteiger partial charge on any atom is 0.243 e. The number of sulfonamides is 1. The molecule has 2 aromatic heterocycles. The molecule has 0 atom stereocenters. The zero-order valence-electron chi connectivity index (χ0n) is 18.6. The lowest BCUT2D eigenvalue weighted by atomic mass is 10.1. The van der Waals surface area contributed by atoms with Gasteiger partial charge in [-0.2, -0.15) is 4.31 Å². The van der Waals surface area contributed by atoms with Crippen molar-refractivity contribution in [3.05, 3.63) is 48.5 Å². The van der Waals surface area contributed by atoms with Gasteiger partial charge in [-0.05, 0) is 62.9 Å². The summed E-state index contributed by atoms with van der Waals surface area (Å²) in [5, 5.41) is 3.19. The highest BCUT2D eigenvalue weighted by molar-refractivity contribution is 7.89. The van der Waals surface area contributed by atoms with E-state index in [0.29, 0.717) is 30.0 Å². The van der Waals surface area contributed by atoms with Crippen molar-refractivity contribution >= 4 is 21.7 Å². The van der Waals surface area contributed by atoms with Gasteiger partial charge in [0.25, 0.3) is 0 Å². The van der Waals surface area contributed by atoms with Gasteiger partial charge in [-0.25, -0.2) is 23.4 Å². The van der Waals surface area contributed by atoms with Crippen molar-refractivity contribution in [2.75, 3.05) is 31.6 Å². The van der Waals surface area contributed by atoms with Crippen molar-refractivity contribution in [1.29, 1.82) is 0 Å². The second-order valence-corrected chi connectivity index (χ2v) is 10.4. The largest absolute Gasteiger partial charge is 0.381 e. The molecule has 9 nitrogen and oxygen atoms in total. The lowest BCUT2D eigenvalue weighted by Crippen LogP contribution is -2.27. The van der Waals surface area contributed by atoms with Crippen LogP contribution in [-0.2, 0) is 14.8 Å². The predicted octanol–water partition coefficient (Wildman–Crippen LogP) is 3.53. The quantitative estimate of drug-likeness (QED) is 0.590. The van der Waals surface area contributed by atoms with E-state index in [-0.39, 0.29) is 0 Å². The van der Waals surface area contributed by atoms with E-state index in [1.165, 1.54) is 0 Å². The molecule has 4 heterocycles. The Morgan fingerprint density at radius 1 is 1.03 bits per heavy atom. The zero-order valence-corrected chi connectivity index (χ0v) is 19.5. The molecule has 0 radical (unpaired) electrons. The highest BCUT2D eigenvalue weighted by Crippen LogP contribution is 2.30. The number of hydrogen-bond donors (Lipinski definition) is 1. The van der Waals surface area contributed by atoms with Crippen LogP contribution in [0.1, 0.15) is 37.5 Å². The molecule has 0 aliphatic carbocycles. The summed E-state index contributed by atoms with van der Waals surface area (Å²) in [7, 11) is -3.43. The fourth-order valence-electron chi connectivity index (χ4n) is 4.53. The first-order valence-corrected chi connectivity index (χ1v) is 12.8. The van der Waals surface area contributed by atoms with E-state index >= 15 is 0 Å². The highest BCUT2D eigenvalue weighted by Gasteiger charge is 2.27. The topological polar surface area (TPSA) is 102 Å². The molecule has 1 aromatic carbocycles. The minimum Gasteiger partial charge on any atom is -0.381 e. The molecule has 33 heavy (non-hydrogen) atoms. The van der Waals surface area contributed by atoms with Crippen molar-refractivity contribution in [3.8, 4) is 11.4 Å². The molecule has 10 heteroatoms. The summed E-state index contributed by atoms with van der Waals surface area (Å²) in [5.74, 6) is 1.40. The number of anilines is 2. The van der Waals surface area contributed by atoms with Crippen LogP contribution < -0.4 is 5.32 Å². The first-order valence-electron chi connectivity index (χ1n) is 11.3. The summed E-state index contributed by atoms with van der Waals surface area (Å²) < 4.78 is 34.8. The second kappa shape index (κ2) is 9.20. The van der Waals surface area contributed by atoms with Gasteiger partial charge in [0.2, 0.25) is 16.0 Å². The summed E-state index contributed by atoms with van der Waals surface area (Å²) in [4.78, 5) is 13.9. The Morgan fingerprint density at radius 3 is 2.48 bits per heavy atom. The molecular weight excluding hydrogens is 440 g/mol. The van der Waals surface area contributed by atoms with Crippen LogP contribution in [0.5, 0.6) is 0 Å². The molecule has 0 bridgehead atoms. The number of rotatable bonds is 6. The zero-order chi connectivity index (χ0) is 22.8. The van der Waals surface area contributed by atoms with Crippen molar-refractivity contribution < 1.29 is 13.2 Å². The molecule has 174 valence electrons. The van der Waals surface area contributed by atoms with Crippen molar-refractivity contribution in [2.24, 2.45) is 0 Å². The van der Waals surface area contributed by atoms with E-state index in [0.717, 1.165) is 61.8 Å². The Kier molecular flexibility index (Phi) is 6.13. The van der Waals surface area contributed by atoms with Gasteiger partial charge < -0.3 is 14.6 Å². The van der Waals surface area contributed by atoms with Crippen LogP contribution in [0.15, 0.2) is 47.6 Å². The molecule has 0 saturated carbocycles. The molecular formula is C23H28N6O3S. The number of nitrogens with one attached hydrogen (secondary N) is 1. The Morgan fingerprint density at radius 2 is 1.76 bits per heavy atom. The number of ether oxygens (including phenoxy) is 1. The third-order valence-electron chi connectivity index (χ3n) is 6.27. The summed E-state index contributed by atoms with van der Waals surface area (Å²) in [6.07, 6.45) is 7.31. The SMILES string of the molecule is Cc1ncc(-c2ccnc(Nc3ccc(S(=O)(=O)N4CCCC4)cc3)n2)n1C1CCOCC1. The van der Waals surface area contributed by atoms with Gasteiger partial charge in [0.15, 0.2) is 0 Å². The van der Waals surface area contributed by atoms with Crippen LogP contribution >= 0.6 is 0 Å². The summed E-state index contributed by atoms with van der Waals surface area (Å²) in [6.45, 7) is 4.69. The fraction of sp³-hybridized carbons (Fsp3) is 0.435. The van der Waals surface area contributed by atoms with Crippen LogP contribution in [0.4, 0.5) is 11.6 Å². The molecule has 3 aromatic rings. The van der Waals surface area contributed by atoms with Gasteiger partial charge in [-0.1, -0.05) is 0 Å². The lowest BCUT2D eigenvalue weighted by molar-refractivity contribution is 0.0694. The summed E-state index contributed by atoms with van der Waals surface area (Å²) in [5.41, 5.74) is 2.46. The minimum absolute atomic E-state index is 0.306. The Hall–Kier alpha value is -2.82. The highest BCUT2D eigenvalue weighted by atomic mass is 32.2. The normalized spacial score (nSPS) is 18.0. The Labute approximate surface area is 193 Å². The molecule has 2 aliphatic heterocycles. The number of nitrogens with zero attached hydrogens (tertiary/aromatic N) is 5. The summed E-state index contributed by atoms with van der Waals surface area (Å²) in [6, 6.07) is 8.97. The van der Waals surface area contributed by atoms with E-state index in [1.807, 2.05) is 19.2 Å². The van der Waals surface area contributed by atoms with Crippen LogP contribution in [0.2, 0.25) is 0 Å². The Balaban J connectivity index is 1.36. The van der Waals surface area contributed by atoms with Gasteiger partial charge in [0.05, 0.1) is 22.5 Å². The number of benzene rings is 1. The first kappa shape index (κ1) is 22.0. The monoisotopic (exact) mass is 468 g/mol. The van der Waals surface area contributed by atoms with E-state index in [9.17, 15) is 8.42 Å². The average molecular weight is 469 g/mol. The predicted molar refractivity (Wildman–Crippen MR) is 125 cm³/mol. The van der Waals surface area contributed by atoms with Gasteiger partial charge in [-0.15, -0.1) is 0 Å². The average Bonchev–Trinajstić information content (AvgIpc) is 3.51. The van der Waals surface area contributed by atoms with Crippen LogP contribution in [-0.4, -0.2) is 58.5 Å². The fourth-order valence-corrected chi connectivity index (χ4v) is 6.04. The van der Waals surface area contributed by atoms with Crippen LogP contribution in [0.25, 0.3) is 11.4 Å². The van der Waals surface area contributed by atoms with E-state index < -0.39 is 10.0 Å². The van der Waals surface area contributed by atoms with Gasteiger partial charge >= 0.3 is 0 Å². The molecule has 1 N–H and O–H groups in total. The second-order valence-electron chi connectivity index (χ2n) is 8.43. The standard InChI is InChI=1S/C23H28N6O3S/c1-17-25-16-22(29(17)19-9-14-32-15-10-19)21-8-11-24-23(27-21)26-18-4-6-20(7-5-18)33(30,31)28-12-2-3-13-28/h4-8,11,16,19H,2-3,9-10,12-15H2,1H3,(H,24,26,27). The number of aryl methyl sites for hydroxylation is 1. The molecule has 2 saturated heterocycles. The van der Waals surface area contributed by atoms with E-state index in [1.54, 1.807) is 34.8 Å². The van der Waals surface area contributed by atoms with Gasteiger partial charge in [0.1, 0.15) is 5.82 Å². The number of aromatic nitrogens is 4. The third kappa shape index (κ3) is 4.50. The smallest absolute Gasteiger partial charge is 0.243 e. The number of hydrogen-bond acceptors (Lipinski definition) is 7. The lowest BCUT2D eigenvalue weighted by Gasteiger charge is -2.26. The molecule has 0 spiro atoms. The molecule has 0 amide bonds. The molecule has 2 aliphatic rings. The molecule has 2 fully saturated rings. The van der Waals surface area contributed by atoms with Crippen molar-refractivity contribution in [1.82, 2.24) is 23.8 Å². The maximum absolute atomic E-state index is 12.7. The Bertz CT molecular complexity index is 1210. The van der Waals surface area contributed by atoms with Crippen molar-refractivity contribution in [2.45, 2.75) is 43.5 Å². The van der Waals surface area contributed by atoms with Crippen LogP contribution in [0.3, 0.4) is 0 Å². The van der Waals surface area contributed by atoms with Crippen molar-refractivity contribution in [3.63, 3.8) is 0 Å². The van der Waals surface area contributed by atoms with Gasteiger partial charge in [0, 0.05) is 44.2 Å². The first-order chi connectivity index (χ1) is 16.0. The minimum atomic E-state index is -3.43. The summed E-state index contributed by atoms with van der Waals surface area (Å²) >= 11 is 0. The van der Waals surface area contributed by atoms with Crippen LogP contribution in [0, 0.1) is 6.92 Å².